The van der Waals surface area contributed by atoms with Gasteiger partial charge in [-0.3, -0.25) is 9.59 Å². The normalized spacial score (nSPS) is 14.9. The molecule has 0 spiro atoms. The summed E-state index contributed by atoms with van der Waals surface area (Å²) in [6.45, 7) is 4.50. The number of hydrogen-bond acceptors (Lipinski definition) is 4. The van der Waals surface area contributed by atoms with Crippen molar-refractivity contribution in [2.45, 2.75) is 62.8 Å². The highest BCUT2D eigenvalue weighted by atomic mass is 32.2. The first-order valence-corrected chi connectivity index (χ1v) is 11.2. The molecule has 1 aromatic heterocycles. The van der Waals surface area contributed by atoms with Crippen LogP contribution >= 0.6 is 11.8 Å². The van der Waals surface area contributed by atoms with Gasteiger partial charge in [-0.1, -0.05) is 53.7 Å². The summed E-state index contributed by atoms with van der Waals surface area (Å²) in [4.78, 5) is 32.2. The van der Waals surface area contributed by atoms with Crippen LogP contribution in [0.2, 0.25) is 0 Å². The summed E-state index contributed by atoms with van der Waals surface area (Å²) in [6.07, 6.45) is 8.05. The van der Waals surface area contributed by atoms with E-state index in [4.69, 9.17) is 0 Å². The van der Waals surface area contributed by atoms with Gasteiger partial charge in [0.2, 0.25) is 5.91 Å². The van der Waals surface area contributed by atoms with Gasteiger partial charge in [-0.2, -0.15) is 0 Å². The third-order valence-electron chi connectivity index (χ3n) is 5.25. The van der Waals surface area contributed by atoms with E-state index in [1.54, 1.807) is 6.92 Å². The van der Waals surface area contributed by atoms with E-state index in [1.807, 2.05) is 18.2 Å². The number of allylic oxidation sites excluding steroid dienone is 1. The van der Waals surface area contributed by atoms with Gasteiger partial charge in [0.25, 0.3) is 5.56 Å². The molecule has 2 aromatic rings. The van der Waals surface area contributed by atoms with Crippen molar-refractivity contribution in [2.24, 2.45) is 0 Å². The van der Waals surface area contributed by atoms with Crippen molar-refractivity contribution in [1.82, 2.24) is 15.3 Å². The maximum atomic E-state index is 12.5. The predicted molar refractivity (Wildman–Crippen MR) is 118 cm³/mol. The zero-order chi connectivity index (χ0) is 20.6. The van der Waals surface area contributed by atoms with Crippen LogP contribution in [0.25, 0.3) is 0 Å². The average molecular weight is 412 g/mol. The molecule has 6 heteroatoms. The fraction of sp³-hybridized carbons (Fsp3) is 0.435. The third-order valence-corrected chi connectivity index (χ3v) is 6.29. The third kappa shape index (κ3) is 6.32. The van der Waals surface area contributed by atoms with Crippen LogP contribution in [0, 0.1) is 6.92 Å². The lowest BCUT2D eigenvalue weighted by molar-refractivity contribution is -0.120. The monoisotopic (exact) mass is 411 g/mol. The molecule has 1 amide bonds. The van der Waals surface area contributed by atoms with Crippen LogP contribution in [0.15, 0.2) is 51.9 Å². The zero-order valence-electron chi connectivity index (χ0n) is 17.2. The van der Waals surface area contributed by atoms with Crippen LogP contribution in [0.4, 0.5) is 0 Å². The minimum atomic E-state index is -0.231. The Bertz CT molecular complexity index is 921. The van der Waals surface area contributed by atoms with E-state index in [1.165, 1.54) is 35.7 Å². The predicted octanol–water partition coefficient (Wildman–Crippen LogP) is 4.48. The van der Waals surface area contributed by atoms with Crippen molar-refractivity contribution < 1.29 is 4.79 Å². The lowest BCUT2D eigenvalue weighted by Gasteiger charge is -2.13. The molecular formula is C23H29N3O2S. The highest BCUT2D eigenvalue weighted by molar-refractivity contribution is 7.99. The van der Waals surface area contributed by atoms with Gasteiger partial charge in [0.1, 0.15) is 0 Å². The fourth-order valence-electron chi connectivity index (χ4n) is 3.53. The number of amides is 1. The molecule has 5 nitrogen and oxygen atoms in total. The van der Waals surface area contributed by atoms with Crippen LogP contribution in [0.3, 0.4) is 0 Å². The average Bonchev–Trinajstić information content (AvgIpc) is 2.72. The highest BCUT2D eigenvalue weighted by Gasteiger charge is 2.15. The summed E-state index contributed by atoms with van der Waals surface area (Å²) in [5.41, 5.74) is 3.43. The molecule has 1 aliphatic rings. The second kappa shape index (κ2) is 10.4. The lowest BCUT2D eigenvalue weighted by atomic mass is 9.97. The number of hydrogen-bond donors (Lipinski definition) is 2. The zero-order valence-corrected chi connectivity index (χ0v) is 18.0. The summed E-state index contributed by atoms with van der Waals surface area (Å²) < 4.78 is 0. The van der Waals surface area contributed by atoms with Gasteiger partial charge < -0.3 is 10.3 Å². The Morgan fingerprint density at radius 1 is 1.28 bits per heavy atom. The maximum Gasteiger partial charge on any atom is 0.255 e. The minimum absolute atomic E-state index is 0.0619. The molecule has 3 rings (SSSR count). The van der Waals surface area contributed by atoms with Crippen molar-refractivity contribution in [3.8, 4) is 0 Å². The first kappa shape index (κ1) is 21.4. The van der Waals surface area contributed by atoms with Gasteiger partial charge in [-0.15, -0.1) is 0 Å². The molecule has 0 saturated heterocycles. The topological polar surface area (TPSA) is 74.8 Å². The minimum Gasteiger partial charge on any atom is -0.355 e. The van der Waals surface area contributed by atoms with Gasteiger partial charge in [-0.05, 0) is 51.5 Å². The number of carbonyl (C=O) groups is 1. The number of aryl methyl sites for hydroxylation is 1. The maximum absolute atomic E-state index is 12.5. The molecule has 1 aromatic carbocycles. The first-order valence-electron chi connectivity index (χ1n) is 10.3. The Morgan fingerprint density at radius 3 is 2.76 bits per heavy atom. The van der Waals surface area contributed by atoms with E-state index in [9.17, 15) is 9.59 Å². The van der Waals surface area contributed by atoms with Crippen LogP contribution < -0.4 is 10.9 Å². The molecule has 1 aliphatic carbocycles. The van der Waals surface area contributed by atoms with Crippen molar-refractivity contribution in [3.63, 3.8) is 0 Å². The van der Waals surface area contributed by atoms with Gasteiger partial charge in [-0.25, -0.2) is 4.98 Å². The number of H-pyrrole nitrogens is 1. The summed E-state index contributed by atoms with van der Waals surface area (Å²) in [6, 6.07) is 10.1. The summed E-state index contributed by atoms with van der Waals surface area (Å²) >= 11 is 1.51. The molecule has 0 fully saturated rings. The largest absolute Gasteiger partial charge is 0.355 e. The quantitative estimate of drug-likeness (QED) is 0.381. The molecule has 154 valence electrons. The van der Waals surface area contributed by atoms with Crippen LogP contribution in [0.5, 0.6) is 0 Å². The summed E-state index contributed by atoms with van der Waals surface area (Å²) in [5, 5.41) is 3.68. The summed E-state index contributed by atoms with van der Waals surface area (Å²) in [7, 11) is 0. The SMILES string of the molecule is Cc1nc(SC(C)c2ccccc2)[nH]c(=O)c1CC(=O)NCCC1=CCCCC1. The molecule has 1 atom stereocenters. The Kier molecular flexibility index (Phi) is 7.69. The number of thioether (sulfide) groups is 1. The van der Waals surface area contributed by atoms with Crippen LogP contribution in [-0.2, 0) is 11.2 Å². The number of nitrogens with one attached hydrogen (secondary N) is 2. The van der Waals surface area contributed by atoms with E-state index in [-0.39, 0.29) is 23.1 Å². The molecule has 2 N–H and O–H groups in total. The Labute approximate surface area is 176 Å². The van der Waals surface area contributed by atoms with E-state index in [0.29, 0.717) is 23.0 Å². The fourth-order valence-corrected chi connectivity index (χ4v) is 4.49. The molecule has 1 unspecified atom stereocenters. The van der Waals surface area contributed by atoms with Gasteiger partial charge in [0.05, 0.1) is 6.42 Å². The second-order valence-corrected chi connectivity index (χ2v) is 8.82. The highest BCUT2D eigenvalue weighted by Crippen LogP contribution is 2.32. The number of rotatable bonds is 8. The van der Waals surface area contributed by atoms with Crippen molar-refractivity contribution in [2.75, 3.05) is 6.54 Å². The first-order chi connectivity index (χ1) is 14.0. The number of aromatic amines is 1. The van der Waals surface area contributed by atoms with Crippen molar-refractivity contribution in [3.05, 3.63) is 69.2 Å². The molecule has 0 radical (unpaired) electrons. The van der Waals surface area contributed by atoms with Gasteiger partial charge >= 0.3 is 0 Å². The van der Waals surface area contributed by atoms with Crippen molar-refractivity contribution >= 4 is 17.7 Å². The molecule has 1 heterocycles. The van der Waals surface area contributed by atoms with E-state index in [2.05, 4.69) is 40.4 Å². The van der Waals surface area contributed by atoms with Crippen molar-refractivity contribution in [1.29, 1.82) is 0 Å². The van der Waals surface area contributed by atoms with Gasteiger partial charge in [0.15, 0.2) is 5.16 Å². The van der Waals surface area contributed by atoms with Gasteiger partial charge in [0, 0.05) is 23.1 Å². The molecule has 29 heavy (non-hydrogen) atoms. The molecule has 0 bridgehead atoms. The van der Waals surface area contributed by atoms with Crippen LogP contribution in [-0.4, -0.2) is 22.4 Å². The molecule has 0 aliphatic heterocycles. The lowest BCUT2D eigenvalue weighted by Crippen LogP contribution is -2.30. The Balaban J connectivity index is 1.56. The number of carbonyl (C=O) groups excluding carboxylic acids is 1. The Morgan fingerprint density at radius 2 is 2.07 bits per heavy atom. The number of aromatic nitrogens is 2. The smallest absolute Gasteiger partial charge is 0.255 e. The van der Waals surface area contributed by atoms with E-state index in [0.717, 1.165) is 19.3 Å². The second-order valence-electron chi connectivity index (χ2n) is 7.49. The number of benzene rings is 1. The van der Waals surface area contributed by atoms with E-state index >= 15 is 0 Å². The summed E-state index contributed by atoms with van der Waals surface area (Å²) in [5.74, 6) is -0.130. The Hall–Kier alpha value is -2.34. The van der Waals surface area contributed by atoms with E-state index < -0.39 is 0 Å². The van der Waals surface area contributed by atoms with Crippen LogP contribution in [0.1, 0.15) is 61.1 Å². The number of nitrogens with zero attached hydrogens (tertiary/aromatic N) is 1. The molecule has 0 saturated carbocycles. The molecular weight excluding hydrogens is 382 g/mol. The standard InChI is InChI=1S/C23H29N3O2S/c1-16-20(15-21(27)24-14-13-18-9-5-3-6-10-18)22(28)26-23(25-16)29-17(2)19-11-7-4-8-12-19/h4,7-9,11-12,17H,3,5-6,10,13-15H2,1-2H3,(H,24,27)(H,25,26,28).